The Morgan fingerprint density at radius 1 is 1.56 bits per heavy atom. The Balaban J connectivity index is 2.61. The molecule has 0 unspecified atom stereocenters. The smallest absolute Gasteiger partial charge is 0.264 e. The summed E-state index contributed by atoms with van der Waals surface area (Å²) >= 11 is 0. The van der Waals surface area contributed by atoms with Crippen molar-refractivity contribution in [2.24, 2.45) is 0 Å². The number of rotatable bonds is 5. The first-order valence-corrected chi connectivity index (χ1v) is 6.65. The normalized spacial score (nSPS) is 11.4. The summed E-state index contributed by atoms with van der Waals surface area (Å²) in [6, 6.07) is 3.75. The first-order chi connectivity index (χ1) is 7.38. The van der Waals surface area contributed by atoms with Gasteiger partial charge in [-0.05, 0) is 24.6 Å². The summed E-state index contributed by atoms with van der Waals surface area (Å²) in [5.74, 6) is 0. The number of pyridine rings is 1. The summed E-state index contributed by atoms with van der Waals surface area (Å²) in [5.41, 5.74) is 2.75. The number of hydrogen-bond acceptors (Lipinski definition) is 4. The SMILES string of the molecule is C=C(C)c1ccnc(CCOS(C)(=O)=O)c1. The molecule has 0 radical (unpaired) electrons. The minimum absolute atomic E-state index is 0.117. The molecule has 0 aromatic carbocycles. The lowest BCUT2D eigenvalue weighted by atomic mass is 10.1. The third-order valence-electron chi connectivity index (χ3n) is 1.96. The monoisotopic (exact) mass is 241 g/mol. The summed E-state index contributed by atoms with van der Waals surface area (Å²) in [6.45, 7) is 5.86. The molecule has 16 heavy (non-hydrogen) atoms. The molecule has 0 aliphatic carbocycles. The van der Waals surface area contributed by atoms with E-state index in [1.54, 1.807) is 6.20 Å². The summed E-state index contributed by atoms with van der Waals surface area (Å²) in [4.78, 5) is 4.13. The van der Waals surface area contributed by atoms with Crippen molar-refractivity contribution in [2.75, 3.05) is 12.9 Å². The Morgan fingerprint density at radius 2 is 2.25 bits per heavy atom. The molecular weight excluding hydrogens is 226 g/mol. The van der Waals surface area contributed by atoms with Crippen molar-refractivity contribution in [2.45, 2.75) is 13.3 Å². The summed E-state index contributed by atoms with van der Waals surface area (Å²) in [7, 11) is -3.37. The Hall–Kier alpha value is -1.20. The molecule has 0 amide bonds. The zero-order chi connectivity index (χ0) is 12.2. The van der Waals surface area contributed by atoms with Gasteiger partial charge in [0.05, 0.1) is 12.9 Å². The lowest BCUT2D eigenvalue weighted by Crippen LogP contribution is -2.07. The van der Waals surface area contributed by atoms with E-state index < -0.39 is 10.1 Å². The molecule has 0 bridgehead atoms. The number of aromatic nitrogens is 1. The molecule has 5 heteroatoms. The second kappa shape index (κ2) is 5.23. The average molecular weight is 241 g/mol. The molecular formula is C11H15NO3S. The van der Waals surface area contributed by atoms with Crippen LogP contribution in [0.15, 0.2) is 24.9 Å². The van der Waals surface area contributed by atoms with Crippen LogP contribution in [0.25, 0.3) is 5.57 Å². The molecule has 1 rings (SSSR count). The predicted molar refractivity (Wildman–Crippen MR) is 63.4 cm³/mol. The number of nitrogens with zero attached hydrogens (tertiary/aromatic N) is 1. The van der Waals surface area contributed by atoms with Crippen LogP contribution in [0.4, 0.5) is 0 Å². The summed E-state index contributed by atoms with van der Waals surface area (Å²) < 4.78 is 26.1. The van der Waals surface area contributed by atoms with Gasteiger partial charge in [0.15, 0.2) is 0 Å². The largest absolute Gasteiger partial charge is 0.270 e. The molecule has 0 saturated heterocycles. The Bertz CT molecular complexity index is 480. The molecule has 1 aromatic rings. The van der Waals surface area contributed by atoms with Crippen molar-refractivity contribution >= 4 is 15.7 Å². The molecule has 0 spiro atoms. The fourth-order valence-electron chi connectivity index (χ4n) is 1.18. The van der Waals surface area contributed by atoms with Crippen LogP contribution in [0.1, 0.15) is 18.2 Å². The fraction of sp³-hybridized carbons (Fsp3) is 0.364. The maximum atomic E-state index is 10.7. The van der Waals surface area contributed by atoms with E-state index in [2.05, 4.69) is 15.7 Å². The highest BCUT2D eigenvalue weighted by molar-refractivity contribution is 7.85. The van der Waals surface area contributed by atoms with Gasteiger partial charge in [-0.15, -0.1) is 0 Å². The third-order valence-corrected chi connectivity index (χ3v) is 2.56. The van der Waals surface area contributed by atoms with E-state index in [1.807, 2.05) is 19.1 Å². The van der Waals surface area contributed by atoms with Crippen LogP contribution >= 0.6 is 0 Å². The lowest BCUT2D eigenvalue weighted by Gasteiger charge is -2.04. The quantitative estimate of drug-likeness (QED) is 0.735. The van der Waals surface area contributed by atoms with Gasteiger partial charge in [0.2, 0.25) is 0 Å². The molecule has 0 aliphatic heterocycles. The van der Waals surface area contributed by atoms with E-state index in [-0.39, 0.29) is 6.61 Å². The Labute approximate surface area is 96.1 Å². The maximum absolute atomic E-state index is 10.7. The van der Waals surface area contributed by atoms with Gasteiger partial charge in [0, 0.05) is 18.3 Å². The van der Waals surface area contributed by atoms with Crippen molar-refractivity contribution in [1.29, 1.82) is 0 Å². The number of allylic oxidation sites excluding steroid dienone is 1. The fourth-order valence-corrected chi connectivity index (χ4v) is 1.56. The molecule has 0 fully saturated rings. The standard InChI is InChI=1S/C11H15NO3S/c1-9(2)10-4-6-12-11(8-10)5-7-15-16(3,13)14/h4,6,8H,1,5,7H2,2-3H3. The van der Waals surface area contributed by atoms with E-state index in [1.165, 1.54) is 0 Å². The highest BCUT2D eigenvalue weighted by Gasteiger charge is 2.03. The zero-order valence-corrected chi connectivity index (χ0v) is 10.3. The first kappa shape index (κ1) is 12.9. The van der Waals surface area contributed by atoms with Crippen molar-refractivity contribution in [3.05, 3.63) is 36.2 Å². The molecule has 0 saturated carbocycles. The molecule has 88 valence electrons. The van der Waals surface area contributed by atoms with Crippen LogP contribution in [-0.2, 0) is 20.7 Å². The van der Waals surface area contributed by atoms with Crippen LogP contribution in [0.5, 0.6) is 0 Å². The summed E-state index contributed by atoms with van der Waals surface area (Å²) in [6.07, 6.45) is 3.18. The van der Waals surface area contributed by atoms with Gasteiger partial charge >= 0.3 is 0 Å². The van der Waals surface area contributed by atoms with Crippen LogP contribution in [0, 0.1) is 0 Å². The average Bonchev–Trinajstić information content (AvgIpc) is 2.16. The van der Waals surface area contributed by atoms with Crippen molar-refractivity contribution < 1.29 is 12.6 Å². The van der Waals surface area contributed by atoms with Gasteiger partial charge in [-0.25, -0.2) is 0 Å². The van der Waals surface area contributed by atoms with Gasteiger partial charge < -0.3 is 0 Å². The van der Waals surface area contributed by atoms with Crippen LogP contribution in [-0.4, -0.2) is 26.3 Å². The molecule has 1 heterocycles. The Morgan fingerprint density at radius 3 is 2.81 bits per heavy atom. The minimum Gasteiger partial charge on any atom is -0.270 e. The van der Waals surface area contributed by atoms with Crippen molar-refractivity contribution in [3.63, 3.8) is 0 Å². The molecule has 1 aromatic heterocycles. The highest BCUT2D eigenvalue weighted by atomic mass is 32.2. The van der Waals surface area contributed by atoms with Crippen LogP contribution in [0.3, 0.4) is 0 Å². The number of hydrogen-bond donors (Lipinski definition) is 0. The molecule has 0 N–H and O–H groups in total. The van der Waals surface area contributed by atoms with E-state index >= 15 is 0 Å². The van der Waals surface area contributed by atoms with E-state index in [9.17, 15) is 8.42 Å². The second-order valence-electron chi connectivity index (χ2n) is 3.59. The molecule has 0 atom stereocenters. The second-order valence-corrected chi connectivity index (χ2v) is 5.24. The lowest BCUT2D eigenvalue weighted by molar-refractivity contribution is 0.324. The first-order valence-electron chi connectivity index (χ1n) is 4.84. The van der Waals surface area contributed by atoms with Gasteiger partial charge in [0.25, 0.3) is 10.1 Å². The van der Waals surface area contributed by atoms with Gasteiger partial charge in [-0.2, -0.15) is 8.42 Å². The predicted octanol–water partition coefficient (Wildman–Crippen LogP) is 1.63. The zero-order valence-electron chi connectivity index (χ0n) is 9.43. The van der Waals surface area contributed by atoms with Crippen molar-refractivity contribution in [3.8, 4) is 0 Å². The molecule has 4 nitrogen and oxygen atoms in total. The van der Waals surface area contributed by atoms with Gasteiger partial charge in [0.1, 0.15) is 0 Å². The van der Waals surface area contributed by atoms with Gasteiger partial charge in [-0.3, -0.25) is 9.17 Å². The van der Waals surface area contributed by atoms with Gasteiger partial charge in [-0.1, -0.05) is 12.2 Å². The summed E-state index contributed by atoms with van der Waals surface area (Å²) in [5, 5.41) is 0. The van der Waals surface area contributed by atoms with E-state index in [0.717, 1.165) is 23.1 Å². The minimum atomic E-state index is -3.37. The topological polar surface area (TPSA) is 56.3 Å². The van der Waals surface area contributed by atoms with Crippen molar-refractivity contribution in [1.82, 2.24) is 4.98 Å². The van der Waals surface area contributed by atoms with Crippen LogP contribution < -0.4 is 0 Å². The van der Waals surface area contributed by atoms with Crippen LogP contribution in [0.2, 0.25) is 0 Å². The van der Waals surface area contributed by atoms with E-state index in [0.29, 0.717) is 6.42 Å². The molecule has 0 aliphatic rings. The maximum Gasteiger partial charge on any atom is 0.264 e. The Kier molecular flexibility index (Phi) is 4.20. The van der Waals surface area contributed by atoms with E-state index in [4.69, 9.17) is 0 Å². The highest BCUT2D eigenvalue weighted by Crippen LogP contribution is 2.11. The third kappa shape index (κ3) is 4.55.